The highest BCUT2D eigenvalue weighted by molar-refractivity contribution is 9.10. The van der Waals surface area contributed by atoms with Crippen LogP contribution in [-0.2, 0) is 19.7 Å². The highest BCUT2D eigenvalue weighted by atomic mass is 79.9. The summed E-state index contributed by atoms with van der Waals surface area (Å²) >= 11 is 4.07. The van der Waals surface area contributed by atoms with Gasteiger partial charge in [-0.3, -0.25) is 19.3 Å². The molecule has 0 saturated carbocycles. The number of halogens is 1. The zero-order valence-electron chi connectivity index (χ0n) is 18.2. The van der Waals surface area contributed by atoms with Crippen molar-refractivity contribution in [3.8, 4) is 5.75 Å². The second-order valence-corrected chi connectivity index (χ2v) is 11.3. The summed E-state index contributed by atoms with van der Waals surface area (Å²) in [7, 11) is -4.02. The number of hydrogen-bond donors (Lipinski definition) is 0. The number of benzene rings is 2. The van der Waals surface area contributed by atoms with Gasteiger partial charge in [-0.05, 0) is 83.4 Å². The predicted octanol–water partition coefficient (Wildman–Crippen LogP) is 4.18. The van der Waals surface area contributed by atoms with Crippen molar-refractivity contribution >= 4 is 60.9 Å². The second-order valence-electron chi connectivity index (χ2n) is 7.90. The first kappa shape index (κ1) is 24.5. The van der Waals surface area contributed by atoms with Gasteiger partial charge in [0.15, 0.2) is 5.75 Å². The molecule has 2 saturated heterocycles. The first-order chi connectivity index (χ1) is 16.1. The smallest absolute Gasteiger partial charge is 0.339 e. The Morgan fingerprint density at radius 1 is 1.12 bits per heavy atom. The summed E-state index contributed by atoms with van der Waals surface area (Å²) in [6, 6.07) is 10.9. The van der Waals surface area contributed by atoms with Gasteiger partial charge >= 0.3 is 10.1 Å². The van der Waals surface area contributed by atoms with Crippen LogP contribution in [-0.4, -0.2) is 54.9 Å². The molecule has 11 heteroatoms. The lowest BCUT2D eigenvalue weighted by atomic mass is 10.2. The molecular formula is C23H21BrN2O6S2. The number of carbonyl (C=O) groups is 3. The molecule has 178 valence electrons. The molecular weight excluding hydrogens is 544 g/mol. The minimum atomic E-state index is -4.02. The van der Waals surface area contributed by atoms with Gasteiger partial charge in [-0.2, -0.15) is 8.42 Å². The highest BCUT2D eigenvalue weighted by Gasteiger charge is 2.37. The average Bonchev–Trinajstić information content (AvgIpc) is 3.41. The number of likely N-dealkylation sites (tertiary alicyclic amines) is 1. The molecule has 0 atom stereocenters. The van der Waals surface area contributed by atoms with Gasteiger partial charge in [0.2, 0.25) is 5.91 Å². The summed E-state index contributed by atoms with van der Waals surface area (Å²) in [6.45, 7) is 2.88. The van der Waals surface area contributed by atoms with Gasteiger partial charge in [-0.1, -0.05) is 23.8 Å². The maximum atomic E-state index is 12.7. The zero-order chi connectivity index (χ0) is 24.5. The molecule has 3 amide bonds. The molecule has 0 radical (unpaired) electrons. The summed E-state index contributed by atoms with van der Waals surface area (Å²) < 4.78 is 30.7. The van der Waals surface area contributed by atoms with Gasteiger partial charge in [0, 0.05) is 13.1 Å². The summed E-state index contributed by atoms with van der Waals surface area (Å²) in [4.78, 5) is 40.2. The number of thioether (sulfide) groups is 1. The number of hydrogen-bond acceptors (Lipinski definition) is 7. The third kappa shape index (κ3) is 5.37. The van der Waals surface area contributed by atoms with Gasteiger partial charge < -0.3 is 9.08 Å². The van der Waals surface area contributed by atoms with Crippen molar-refractivity contribution in [1.29, 1.82) is 0 Å². The minimum absolute atomic E-state index is 0.0335. The van der Waals surface area contributed by atoms with Gasteiger partial charge in [0.05, 0.1) is 9.38 Å². The lowest BCUT2D eigenvalue weighted by molar-refractivity contribution is -0.135. The Balaban J connectivity index is 1.47. The molecule has 4 rings (SSSR count). The Hall–Kier alpha value is -2.63. The Labute approximate surface area is 210 Å². The van der Waals surface area contributed by atoms with Gasteiger partial charge in [-0.25, -0.2) is 0 Å². The zero-order valence-corrected chi connectivity index (χ0v) is 21.4. The van der Waals surface area contributed by atoms with Crippen LogP contribution in [0.3, 0.4) is 0 Å². The Kier molecular flexibility index (Phi) is 7.15. The molecule has 0 spiro atoms. The maximum absolute atomic E-state index is 12.7. The van der Waals surface area contributed by atoms with E-state index in [1.165, 1.54) is 24.3 Å². The molecule has 2 aromatic rings. The number of imide groups is 1. The van der Waals surface area contributed by atoms with E-state index in [-0.39, 0.29) is 28.0 Å². The van der Waals surface area contributed by atoms with Gasteiger partial charge in [0.25, 0.3) is 11.1 Å². The monoisotopic (exact) mass is 564 g/mol. The Morgan fingerprint density at radius 2 is 1.79 bits per heavy atom. The molecule has 2 aliphatic rings. The van der Waals surface area contributed by atoms with Crippen LogP contribution < -0.4 is 4.18 Å². The van der Waals surface area contributed by atoms with Crippen LogP contribution in [0.4, 0.5) is 4.79 Å². The molecule has 0 N–H and O–H groups in total. The number of carbonyl (C=O) groups excluding carboxylic acids is 3. The molecule has 34 heavy (non-hydrogen) atoms. The summed E-state index contributed by atoms with van der Waals surface area (Å²) in [6.07, 6.45) is 3.37. The third-order valence-electron chi connectivity index (χ3n) is 5.39. The summed E-state index contributed by atoms with van der Waals surface area (Å²) in [5.41, 5.74) is 1.48. The molecule has 2 heterocycles. The number of aryl methyl sites for hydroxylation is 1. The van der Waals surface area contributed by atoms with Crippen LogP contribution in [0.5, 0.6) is 5.75 Å². The van der Waals surface area contributed by atoms with Crippen molar-refractivity contribution in [2.24, 2.45) is 0 Å². The first-order valence-electron chi connectivity index (χ1n) is 10.5. The van der Waals surface area contributed by atoms with Crippen molar-refractivity contribution in [3.63, 3.8) is 0 Å². The third-order valence-corrected chi connectivity index (χ3v) is 8.16. The van der Waals surface area contributed by atoms with E-state index in [1.807, 2.05) is 6.92 Å². The van der Waals surface area contributed by atoms with Crippen molar-refractivity contribution in [3.05, 3.63) is 63.0 Å². The molecule has 0 bridgehead atoms. The van der Waals surface area contributed by atoms with E-state index < -0.39 is 21.3 Å². The van der Waals surface area contributed by atoms with E-state index in [1.54, 1.807) is 29.2 Å². The standard InChI is InChI=1S/C23H21BrN2O6S2/c1-15-4-7-17(8-5-15)34(30,31)32-19-9-6-16(12-18(19)24)13-20-22(28)26(23(29)33-20)14-21(27)25-10-2-3-11-25/h4-9,12-13H,2-3,10-11,14H2,1H3/b20-13-. The van der Waals surface area contributed by atoms with Crippen LogP contribution in [0.15, 0.2) is 56.7 Å². The van der Waals surface area contributed by atoms with Crippen LogP contribution >= 0.6 is 27.7 Å². The summed E-state index contributed by atoms with van der Waals surface area (Å²) in [5, 5.41) is -0.494. The second kappa shape index (κ2) is 9.93. The molecule has 0 aliphatic carbocycles. The van der Waals surface area contributed by atoms with E-state index >= 15 is 0 Å². The Morgan fingerprint density at radius 3 is 2.44 bits per heavy atom. The fourth-order valence-corrected chi connectivity index (χ4v) is 5.91. The van der Waals surface area contributed by atoms with Gasteiger partial charge in [-0.15, -0.1) is 0 Å². The fraction of sp³-hybridized carbons (Fsp3) is 0.261. The average molecular weight is 565 g/mol. The topological polar surface area (TPSA) is 101 Å². The number of rotatable bonds is 6. The van der Waals surface area contributed by atoms with E-state index in [9.17, 15) is 22.8 Å². The van der Waals surface area contributed by atoms with Crippen molar-refractivity contribution in [1.82, 2.24) is 9.80 Å². The van der Waals surface area contributed by atoms with Crippen LogP contribution in [0.2, 0.25) is 0 Å². The first-order valence-corrected chi connectivity index (χ1v) is 13.5. The van der Waals surface area contributed by atoms with E-state index in [0.717, 1.165) is 35.1 Å². The largest absolute Gasteiger partial charge is 0.378 e. The maximum Gasteiger partial charge on any atom is 0.339 e. The van der Waals surface area contributed by atoms with E-state index in [2.05, 4.69) is 15.9 Å². The molecule has 8 nitrogen and oxygen atoms in total. The molecule has 2 aromatic carbocycles. The molecule has 2 aliphatic heterocycles. The highest BCUT2D eigenvalue weighted by Crippen LogP contribution is 2.34. The fourth-order valence-electron chi connectivity index (χ4n) is 3.54. The van der Waals surface area contributed by atoms with Crippen molar-refractivity contribution in [2.45, 2.75) is 24.7 Å². The molecule has 0 aromatic heterocycles. The number of nitrogens with zero attached hydrogens (tertiary/aromatic N) is 2. The SMILES string of the molecule is Cc1ccc(S(=O)(=O)Oc2ccc(/C=C3\SC(=O)N(CC(=O)N4CCCC4)C3=O)cc2Br)cc1. The van der Waals surface area contributed by atoms with Crippen LogP contribution in [0, 0.1) is 6.92 Å². The van der Waals surface area contributed by atoms with Crippen molar-refractivity contribution in [2.75, 3.05) is 19.6 Å². The molecule has 0 unspecified atom stereocenters. The lowest BCUT2D eigenvalue weighted by Crippen LogP contribution is -2.40. The van der Waals surface area contributed by atoms with Crippen LogP contribution in [0.25, 0.3) is 6.08 Å². The van der Waals surface area contributed by atoms with Gasteiger partial charge in [0.1, 0.15) is 11.4 Å². The normalized spacial score (nSPS) is 17.6. The summed E-state index contributed by atoms with van der Waals surface area (Å²) in [5.74, 6) is -0.678. The number of amides is 3. The minimum Gasteiger partial charge on any atom is -0.378 e. The molecule has 2 fully saturated rings. The van der Waals surface area contributed by atoms with Crippen molar-refractivity contribution < 1.29 is 27.0 Å². The van der Waals surface area contributed by atoms with E-state index in [4.69, 9.17) is 4.18 Å². The lowest BCUT2D eigenvalue weighted by Gasteiger charge is -2.18. The predicted molar refractivity (Wildman–Crippen MR) is 132 cm³/mol. The van der Waals surface area contributed by atoms with Crippen LogP contribution in [0.1, 0.15) is 24.0 Å². The quantitative estimate of drug-likeness (QED) is 0.383. The Bertz CT molecular complexity index is 1290. The van der Waals surface area contributed by atoms with E-state index in [0.29, 0.717) is 23.1 Å².